The summed E-state index contributed by atoms with van der Waals surface area (Å²) in [4.78, 5) is 14.5. The second-order valence-electron chi connectivity index (χ2n) is 6.43. The summed E-state index contributed by atoms with van der Waals surface area (Å²) < 4.78 is 21.4. The molecule has 2 aromatic carbocycles. The number of nitrogens with zero attached hydrogens (tertiary/aromatic N) is 1. The van der Waals surface area contributed by atoms with Gasteiger partial charge in [-0.3, -0.25) is 4.79 Å². The number of hydrogen-bond acceptors (Lipinski definition) is 5. The van der Waals surface area contributed by atoms with E-state index in [2.05, 4.69) is 0 Å². The van der Waals surface area contributed by atoms with Crippen molar-refractivity contribution in [1.82, 2.24) is 4.90 Å². The largest absolute Gasteiger partial charge is 0.493 e. The van der Waals surface area contributed by atoms with Crippen LogP contribution >= 0.6 is 0 Å². The molecule has 0 N–H and O–H groups in total. The highest BCUT2D eigenvalue weighted by Crippen LogP contribution is 2.34. The molecule has 0 saturated heterocycles. The Kier molecular flexibility index (Phi) is 4.62. The molecular weight excluding hydrogens is 346 g/mol. The molecule has 0 spiro atoms. The van der Waals surface area contributed by atoms with E-state index < -0.39 is 0 Å². The fourth-order valence-corrected chi connectivity index (χ4v) is 3.36. The second-order valence-corrected chi connectivity index (χ2v) is 6.43. The molecule has 2 aliphatic heterocycles. The molecule has 6 heteroatoms. The highest BCUT2D eigenvalue weighted by molar-refractivity contribution is 5.92. The number of benzene rings is 2. The number of carbonyl (C=O) groups excluding carboxylic acids is 1. The molecule has 0 fully saturated rings. The zero-order chi connectivity index (χ0) is 18.8. The Hall–Kier alpha value is -3.15. The van der Waals surface area contributed by atoms with Crippen molar-refractivity contribution in [3.05, 3.63) is 53.1 Å². The van der Waals surface area contributed by atoms with E-state index in [1.807, 2.05) is 35.2 Å². The third-order valence-electron chi connectivity index (χ3n) is 4.84. The van der Waals surface area contributed by atoms with Gasteiger partial charge in [0.05, 0.1) is 14.2 Å². The van der Waals surface area contributed by atoms with Crippen molar-refractivity contribution in [3.8, 4) is 23.0 Å². The fourth-order valence-electron chi connectivity index (χ4n) is 3.36. The summed E-state index contributed by atoms with van der Waals surface area (Å²) in [6.45, 7) is 1.47. The van der Waals surface area contributed by atoms with Gasteiger partial charge in [-0.05, 0) is 53.5 Å². The Balaban J connectivity index is 1.47. The van der Waals surface area contributed by atoms with Crippen LogP contribution in [0.5, 0.6) is 23.0 Å². The van der Waals surface area contributed by atoms with Gasteiger partial charge in [-0.1, -0.05) is 6.07 Å². The molecule has 0 atom stereocenters. The van der Waals surface area contributed by atoms with Gasteiger partial charge >= 0.3 is 0 Å². The lowest BCUT2D eigenvalue weighted by Crippen LogP contribution is -2.34. The van der Waals surface area contributed by atoms with Crippen molar-refractivity contribution in [2.75, 3.05) is 27.6 Å². The number of methoxy groups -OCH3 is 2. The third kappa shape index (κ3) is 3.43. The lowest BCUT2D eigenvalue weighted by atomic mass is 9.98. The first-order valence-corrected chi connectivity index (χ1v) is 8.78. The molecule has 0 aliphatic carbocycles. The topological polar surface area (TPSA) is 57.2 Å². The first-order valence-electron chi connectivity index (χ1n) is 8.78. The van der Waals surface area contributed by atoms with Gasteiger partial charge < -0.3 is 23.8 Å². The third-order valence-corrected chi connectivity index (χ3v) is 4.84. The van der Waals surface area contributed by atoms with Crippen LogP contribution in [0.3, 0.4) is 0 Å². The van der Waals surface area contributed by atoms with Gasteiger partial charge in [0.1, 0.15) is 0 Å². The maximum Gasteiger partial charge on any atom is 0.246 e. The van der Waals surface area contributed by atoms with Crippen LogP contribution in [0.1, 0.15) is 16.7 Å². The summed E-state index contributed by atoms with van der Waals surface area (Å²) >= 11 is 0. The minimum absolute atomic E-state index is 0.0203. The lowest BCUT2D eigenvalue weighted by molar-refractivity contribution is -0.126. The maximum absolute atomic E-state index is 12.6. The van der Waals surface area contributed by atoms with E-state index in [4.69, 9.17) is 18.9 Å². The summed E-state index contributed by atoms with van der Waals surface area (Å²) in [5.41, 5.74) is 3.18. The Labute approximate surface area is 157 Å². The number of fused-ring (bicyclic) bond motifs is 2. The maximum atomic E-state index is 12.6. The standard InChI is InChI=1S/C21H21NO5/c1-24-18-10-15-7-8-22(12-16(15)11-19(18)25-2)21(23)6-4-14-3-5-17-20(9-14)27-13-26-17/h3-6,9-11H,7-8,12-13H2,1-2H3/b6-4+. The average molecular weight is 367 g/mol. The van der Waals surface area contributed by atoms with Crippen molar-refractivity contribution >= 4 is 12.0 Å². The number of hydrogen-bond donors (Lipinski definition) is 0. The van der Waals surface area contributed by atoms with Crippen LogP contribution in [0, 0.1) is 0 Å². The molecule has 0 saturated carbocycles. The van der Waals surface area contributed by atoms with E-state index in [-0.39, 0.29) is 12.7 Å². The zero-order valence-electron chi connectivity index (χ0n) is 15.4. The van der Waals surface area contributed by atoms with Crippen LogP contribution in [0.4, 0.5) is 0 Å². The Morgan fingerprint density at radius 2 is 1.78 bits per heavy atom. The molecule has 140 valence electrons. The van der Waals surface area contributed by atoms with Crippen molar-refractivity contribution < 1.29 is 23.7 Å². The van der Waals surface area contributed by atoms with Crippen LogP contribution in [-0.2, 0) is 17.8 Å². The minimum Gasteiger partial charge on any atom is -0.493 e. The summed E-state index contributed by atoms with van der Waals surface area (Å²) in [5.74, 6) is 2.82. The highest BCUT2D eigenvalue weighted by atomic mass is 16.7. The van der Waals surface area contributed by atoms with Crippen LogP contribution in [-0.4, -0.2) is 38.4 Å². The molecular formula is C21H21NO5. The normalized spacial score (nSPS) is 15.0. The van der Waals surface area contributed by atoms with Gasteiger partial charge in [0.25, 0.3) is 0 Å². The SMILES string of the molecule is COc1cc2c(cc1OC)CN(C(=O)/C=C/c1ccc3c(c1)OCO3)CC2. The Bertz CT molecular complexity index is 906. The average Bonchev–Trinajstić information content (AvgIpc) is 3.18. The smallest absolute Gasteiger partial charge is 0.246 e. The number of carbonyl (C=O) groups is 1. The Morgan fingerprint density at radius 3 is 2.56 bits per heavy atom. The molecule has 27 heavy (non-hydrogen) atoms. The van der Waals surface area contributed by atoms with Crippen molar-refractivity contribution in [2.45, 2.75) is 13.0 Å². The van der Waals surface area contributed by atoms with Gasteiger partial charge in [-0.2, -0.15) is 0 Å². The van der Waals surface area contributed by atoms with E-state index in [9.17, 15) is 4.79 Å². The minimum atomic E-state index is -0.0203. The predicted molar refractivity (Wildman–Crippen MR) is 100 cm³/mol. The highest BCUT2D eigenvalue weighted by Gasteiger charge is 2.21. The predicted octanol–water partition coefficient (Wildman–Crippen LogP) is 3.03. The summed E-state index contributed by atoms with van der Waals surface area (Å²) in [5, 5.41) is 0. The summed E-state index contributed by atoms with van der Waals surface area (Å²) in [7, 11) is 3.24. The molecule has 2 aliphatic rings. The van der Waals surface area contributed by atoms with Gasteiger partial charge in [0.15, 0.2) is 23.0 Å². The lowest BCUT2D eigenvalue weighted by Gasteiger charge is -2.28. The van der Waals surface area contributed by atoms with Gasteiger partial charge in [0, 0.05) is 19.2 Å². The number of amides is 1. The quantitative estimate of drug-likeness (QED) is 0.778. The second kappa shape index (κ2) is 7.23. The zero-order valence-corrected chi connectivity index (χ0v) is 15.4. The first-order chi connectivity index (χ1) is 13.2. The van der Waals surface area contributed by atoms with Gasteiger partial charge in [0.2, 0.25) is 12.7 Å². The number of ether oxygens (including phenoxy) is 4. The van der Waals surface area contributed by atoms with Gasteiger partial charge in [-0.15, -0.1) is 0 Å². The molecule has 1 amide bonds. The van der Waals surface area contributed by atoms with Crippen molar-refractivity contribution in [1.29, 1.82) is 0 Å². The monoisotopic (exact) mass is 367 g/mol. The van der Waals surface area contributed by atoms with E-state index in [1.165, 1.54) is 5.56 Å². The van der Waals surface area contributed by atoms with E-state index in [0.29, 0.717) is 24.6 Å². The van der Waals surface area contributed by atoms with Gasteiger partial charge in [-0.25, -0.2) is 0 Å². The Morgan fingerprint density at radius 1 is 1.04 bits per heavy atom. The molecule has 4 rings (SSSR count). The van der Waals surface area contributed by atoms with E-state index in [1.54, 1.807) is 26.4 Å². The number of rotatable bonds is 4. The van der Waals surface area contributed by atoms with Crippen LogP contribution in [0.15, 0.2) is 36.4 Å². The van der Waals surface area contributed by atoms with Crippen molar-refractivity contribution in [3.63, 3.8) is 0 Å². The van der Waals surface area contributed by atoms with E-state index >= 15 is 0 Å². The molecule has 6 nitrogen and oxygen atoms in total. The molecule has 2 heterocycles. The molecule has 0 aromatic heterocycles. The fraction of sp³-hybridized carbons (Fsp3) is 0.286. The van der Waals surface area contributed by atoms with Crippen molar-refractivity contribution in [2.24, 2.45) is 0 Å². The van der Waals surface area contributed by atoms with Crippen LogP contribution in [0.2, 0.25) is 0 Å². The van der Waals surface area contributed by atoms with Crippen LogP contribution in [0.25, 0.3) is 6.08 Å². The first kappa shape index (κ1) is 17.3. The molecule has 0 bridgehead atoms. The summed E-state index contributed by atoms with van der Waals surface area (Å²) in [6, 6.07) is 9.57. The molecule has 0 unspecified atom stereocenters. The van der Waals surface area contributed by atoms with Crippen LogP contribution < -0.4 is 18.9 Å². The summed E-state index contributed by atoms with van der Waals surface area (Å²) in [6.07, 6.45) is 4.19. The molecule has 0 radical (unpaired) electrons. The molecule has 2 aromatic rings. The van der Waals surface area contributed by atoms with E-state index in [0.717, 1.165) is 29.0 Å².